The molecule has 2 rings (SSSR count). The number of aromatic nitrogens is 1. The Hall–Kier alpha value is -1.14. The van der Waals surface area contributed by atoms with E-state index in [0.717, 1.165) is 12.8 Å². The summed E-state index contributed by atoms with van der Waals surface area (Å²) in [5.74, 6) is 0.361. The molecule has 17 heavy (non-hydrogen) atoms. The van der Waals surface area contributed by atoms with E-state index < -0.39 is 21.0 Å². The molecule has 0 aromatic carbocycles. The van der Waals surface area contributed by atoms with Crippen LogP contribution in [0.5, 0.6) is 0 Å². The number of hydrogen-bond acceptors (Lipinski definition) is 3. The van der Waals surface area contributed by atoms with Gasteiger partial charge in [-0.1, -0.05) is 0 Å². The molecule has 0 atom stereocenters. The maximum Gasteiger partial charge on any atom is 0.246 e. The molecule has 1 aliphatic carbocycles. The average Bonchev–Trinajstić information content (AvgIpc) is 2.99. The van der Waals surface area contributed by atoms with Crippen LogP contribution in [-0.2, 0) is 10.0 Å². The molecule has 1 heterocycles. The minimum atomic E-state index is -3.75. The lowest BCUT2D eigenvalue weighted by molar-refractivity contribution is 0.400. The highest BCUT2D eigenvalue weighted by Gasteiger charge is 2.41. The summed E-state index contributed by atoms with van der Waals surface area (Å²) < 4.78 is 26.7. The van der Waals surface area contributed by atoms with Gasteiger partial charge in [0.1, 0.15) is 4.90 Å². The Bertz CT molecular complexity index is 570. The van der Waals surface area contributed by atoms with Crippen molar-refractivity contribution in [2.24, 2.45) is 5.92 Å². The lowest BCUT2D eigenvalue weighted by Crippen LogP contribution is -2.46. The second-order valence-corrected chi connectivity index (χ2v) is 6.63. The van der Waals surface area contributed by atoms with E-state index in [1.807, 2.05) is 13.8 Å². The van der Waals surface area contributed by atoms with Crippen LogP contribution < -0.4 is 10.2 Å². The number of aromatic amines is 1. The van der Waals surface area contributed by atoms with E-state index in [2.05, 4.69) is 9.71 Å². The monoisotopic (exact) mass is 256 g/mol. The average molecular weight is 256 g/mol. The lowest BCUT2D eigenvalue weighted by Gasteiger charge is -2.25. The Labute approximate surface area is 100 Å². The third-order valence-corrected chi connectivity index (χ3v) is 4.77. The molecular weight excluding hydrogens is 240 g/mol. The molecule has 0 amide bonds. The van der Waals surface area contributed by atoms with Gasteiger partial charge < -0.3 is 4.98 Å². The fraction of sp³-hybridized carbons (Fsp3) is 0.545. The first-order chi connectivity index (χ1) is 7.83. The minimum absolute atomic E-state index is 0.228. The van der Waals surface area contributed by atoms with E-state index >= 15 is 0 Å². The highest BCUT2D eigenvalue weighted by atomic mass is 32.2. The van der Waals surface area contributed by atoms with E-state index in [0.29, 0.717) is 5.92 Å². The molecule has 1 aliphatic rings. The van der Waals surface area contributed by atoms with Crippen LogP contribution in [0.25, 0.3) is 0 Å². The summed E-state index contributed by atoms with van der Waals surface area (Å²) in [7, 11) is -3.75. The van der Waals surface area contributed by atoms with Gasteiger partial charge in [0.25, 0.3) is 0 Å². The van der Waals surface area contributed by atoms with Gasteiger partial charge in [0.05, 0.1) is 0 Å². The maximum absolute atomic E-state index is 12.1. The highest BCUT2D eigenvalue weighted by molar-refractivity contribution is 7.89. The van der Waals surface area contributed by atoms with Crippen molar-refractivity contribution in [2.75, 3.05) is 0 Å². The summed E-state index contributed by atoms with van der Waals surface area (Å²) in [6.07, 6.45) is 4.68. The van der Waals surface area contributed by atoms with Crippen LogP contribution in [-0.4, -0.2) is 18.9 Å². The fourth-order valence-corrected chi connectivity index (χ4v) is 3.43. The first-order valence-electron chi connectivity index (χ1n) is 5.54. The van der Waals surface area contributed by atoms with Crippen LogP contribution in [0.2, 0.25) is 0 Å². The fourth-order valence-electron chi connectivity index (χ4n) is 1.90. The molecule has 1 aromatic rings. The third kappa shape index (κ3) is 2.58. The van der Waals surface area contributed by atoms with Gasteiger partial charge in [0.15, 0.2) is 0 Å². The van der Waals surface area contributed by atoms with Crippen molar-refractivity contribution in [2.45, 2.75) is 37.1 Å². The quantitative estimate of drug-likeness (QED) is 0.838. The van der Waals surface area contributed by atoms with Crippen molar-refractivity contribution < 1.29 is 8.42 Å². The molecule has 0 bridgehead atoms. The molecule has 0 unspecified atom stereocenters. The second-order valence-electron chi connectivity index (χ2n) is 4.97. The van der Waals surface area contributed by atoms with Gasteiger partial charge >= 0.3 is 0 Å². The SMILES string of the molecule is CC(C)(NS(=O)(=O)c1c[nH]ccc1=O)C1CC1. The number of hydrogen-bond donors (Lipinski definition) is 2. The van der Waals surface area contributed by atoms with E-state index in [1.165, 1.54) is 18.5 Å². The number of nitrogens with one attached hydrogen (secondary N) is 2. The molecule has 1 saturated carbocycles. The zero-order valence-corrected chi connectivity index (χ0v) is 10.7. The third-order valence-electron chi connectivity index (χ3n) is 3.07. The minimum Gasteiger partial charge on any atom is -0.366 e. The Balaban J connectivity index is 2.31. The predicted molar refractivity (Wildman–Crippen MR) is 64.2 cm³/mol. The second kappa shape index (κ2) is 3.96. The van der Waals surface area contributed by atoms with Crippen LogP contribution in [0.1, 0.15) is 26.7 Å². The number of rotatable bonds is 4. The summed E-state index contributed by atoms with van der Waals surface area (Å²) >= 11 is 0. The Kier molecular flexibility index (Phi) is 2.87. The molecule has 94 valence electrons. The van der Waals surface area contributed by atoms with Gasteiger partial charge in [-0.25, -0.2) is 13.1 Å². The molecule has 1 fully saturated rings. The summed E-state index contributed by atoms with van der Waals surface area (Å²) in [5.41, 5.74) is -0.996. The standard InChI is InChI=1S/C11H16N2O3S/c1-11(2,8-3-4-8)13-17(15,16)10-7-12-6-5-9(10)14/h5-8,13H,3-4H2,1-2H3,(H,12,14). The summed E-state index contributed by atoms with van der Waals surface area (Å²) in [5, 5.41) is 0. The number of sulfonamides is 1. The predicted octanol–water partition coefficient (Wildman–Crippen LogP) is 0.842. The molecule has 0 spiro atoms. The van der Waals surface area contributed by atoms with Gasteiger partial charge in [-0.2, -0.15) is 0 Å². The normalized spacial score (nSPS) is 17.1. The van der Waals surface area contributed by atoms with E-state index in [9.17, 15) is 13.2 Å². The summed E-state index contributed by atoms with van der Waals surface area (Å²) in [4.78, 5) is 13.9. The topological polar surface area (TPSA) is 79.0 Å². The molecule has 6 heteroatoms. The first kappa shape index (κ1) is 12.3. The lowest BCUT2D eigenvalue weighted by atomic mass is 10.0. The van der Waals surface area contributed by atoms with Crippen LogP contribution in [0.3, 0.4) is 0 Å². The van der Waals surface area contributed by atoms with Crippen molar-refractivity contribution in [3.05, 3.63) is 28.7 Å². The smallest absolute Gasteiger partial charge is 0.246 e. The zero-order chi connectivity index (χ0) is 12.7. The molecule has 0 radical (unpaired) electrons. The van der Waals surface area contributed by atoms with E-state index in [4.69, 9.17) is 0 Å². The van der Waals surface area contributed by atoms with Gasteiger partial charge in [-0.15, -0.1) is 0 Å². The van der Waals surface area contributed by atoms with Crippen LogP contribution in [0.15, 0.2) is 28.2 Å². The zero-order valence-electron chi connectivity index (χ0n) is 9.86. The van der Waals surface area contributed by atoms with Gasteiger partial charge in [-0.05, 0) is 32.6 Å². The van der Waals surface area contributed by atoms with Gasteiger partial charge in [0.2, 0.25) is 15.5 Å². The molecule has 5 nitrogen and oxygen atoms in total. The Morgan fingerprint density at radius 2 is 2.06 bits per heavy atom. The van der Waals surface area contributed by atoms with Gasteiger partial charge in [0, 0.05) is 24.0 Å². The van der Waals surface area contributed by atoms with Crippen LogP contribution >= 0.6 is 0 Å². The van der Waals surface area contributed by atoms with Crippen molar-refractivity contribution >= 4 is 10.0 Å². The van der Waals surface area contributed by atoms with Crippen LogP contribution in [0, 0.1) is 5.92 Å². The largest absolute Gasteiger partial charge is 0.366 e. The molecule has 1 aromatic heterocycles. The van der Waals surface area contributed by atoms with Crippen molar-refractivity contribution in [3.8, 4) is 0 Å². The molecular formula is C11H16N2O3S. The molecule has 2 N–H and O–H groups in total. The van der Waals surface area contributed by atoms with E-state index in [1.54, 1.807) is 0 Å². The van der Waals surface area contributed by atoms with Crippen molar-refractivity contribution in [3.63, 3.8) is 0 Å². The van der Waals surface area contributed by atoms with Crippen LogP contribution in [0.4, 0.5) is 0 Å². The molecule has 0 aliphatic heterocycles. The highest BCUT2D eigenvalue weighted by Crippen LogP contribution is 2.39. The summed E-state index contributed by atoms with van der Waals surface area (Å²) in [6.45, 7) is 3.69. The first-order valence-corrected chi connectivity index (χ1v) is 7.02. The summed E-state index contributed by atoms with van der Waals surface area (Å²) in [6, 6.07) is 1.21. The Morgan fingerprint density at radius 3 is 2.59 bits per heavy atom. The number of H-pyrrole nitrogens is 1. The Morgan fingerprint density at radius 1 is 1.41 bits per heavy atom. The van der Waals surface area contributed by atoms with Gasteiger partial charge in [-0.3, -0.25) is 4.79 Å². The van der Waals surface area contributed by atoms with E-state index in [-0.39, 0.29) is 4.90 Å². The van der Waals surface area contributed by atoms with Crippen molar-refractivity contribution in [1.82, 2.24) is 9.71 Å². The molecule has 0 saturated heterocycles. The number of pyridine rings is 1. The maximum atomic E-state index is 12.1. The van der Waals surface area contributed by atoms with Crippen molar-refractivity contribution in [1.29, 1.82) is 0 Å².